The van der Waals surface area contributed by atoms with Crippen molar-refractivity contribution in [3.63, 3.8) is 0 Å². The lowest BCUT2D eigenvalue weighted by Crippen LogP contribution is -2.26. The summed E-state index contributed by atoms with van der Waals surface area (Å²) >= 11 is 1.47. The maximum atomic E-state index is 12.6. The van der Waals surface area contributed by atoms with Crippen LogP contribution < -0.4 is 5.32 Å². The first-order chi connectivity index (χ1) is 12.7. The third-order valence-electron chi connectivity index (χ3n) is 4.69. The Kier molecular flexibility index (Phi) is 4.67. The number of hydrogen-bond donors (Lipinski definition) is 1. The van der Waals surface area contributed by atoms with Crippen molar-refractivity contribution in [2.24, 2.45) is 0 Å². The first kappa shape index (κ1) is 16.7. The van der Waals surface area contributed by atoms with Crippen molar-refractivity contribution in [2.75, 3.05) is 6.54 Å². The zero-order valence-corrected chi connectivity index (χ0v) is 15.1. The highest BCUT2D eigenvalue weighted by Gasteiger charge is 2.21. The van der Waals surface area contributed by atoms with Crippen molar-refractivity contribution in [1.82, 2.24) is 15.2 Å². The lowest BCUT2D eigenvalue weighted by molar-refractivity contribution is -0.128. The highest BCUT2D eigenvalue weighted by Crippen LogP contribution is 2.22. The van der Waals surface area contributed by atoms with Gasteiger partial charge >= 0.3 is 0 Å². The van der Waals surface area contributed by atoms with E-state index in [4.69, 9.17) is 0 Å². The first-order valence-corrected chi connectivity index (χ1v) is 9.55. The summed E-state index contributed by atoms with van der Waals surface area (Å²) in [7, 11) is 0. The molecule has 132 valence electrons. The third kappa shape index (κ3) is 3.32. The van der Waals surface area contributed by atoms with E-state index in [0.29, 0.717) is 25.1 Å². The van der Waals surface area contributed by atoms with Crippen LogP contribution in [0.2, 0.25) is 0 Å². The molecular weight excluding hydrogens is 346 g/mol. The maximum Gasteiger partial charge on any atom is 0.253 e. The Morgan fingerprint density at radius 2 is 2.00 bits per heavy atom. The first-order valence-electron chi connectivity index (χ1n) is 8.67. The molecule has 0 radical (unpaired) electrons. The summed E-state index contributed by atoms with van der Waals surface area (Å²) in [4.78, 5) is 30.7. The normalized spacial score (nSPS) is 14.2. The van der Waals surface area contributed by atoms with E-state index in [9.17, 15) is 9.59 Å². The van der Waals surface area contributed by atoms with E-state index >= 15 is 0 Å². The third-order valence-corrected chi connectivity index (χ3v) is 5.57. The van der Waals surface area contributed by atoms with Gasteiger partial charge in [-0.3, -0.25) is 9.59 Å². The topological polar surface area (TPSA) is 62.3 Å². The summed E-state index contributed by atoms with van der Waals surface area (Å²) < 4.78 is 0.904. The predicted octanol–water partition coefficient (Wildman–Crippen LogP) is 3.35. The van der Waals surface area contributed by atoms with Crippen LogP contribution >= 0.6 is 11.3 Å². The van der Waals surface area contributed by atoms with Crippen LogP contribution in [0.3, 0.4) is 0 Å². The summed E-state index contributed by atoms with van der Waals surface area (Å²) in [6.45, 7) is 1.86. The van der Waals surface area contributed by atoms with E-state index in [1.807, 2.05) is 47.4 Å². The van der Waals surface area contributed by atoms with Crippen molar-refractivity contribution in [1.29, 1.82) is 0 Å². The molecular formula is C20H19N3O2S. The quantitative estimate of drug-likeness (QED) is 0.754. The molecule has 6 heteroatoms. The van der Waals surface area contributed by atoms with Crippen molar-refractivity contribution in [3.8, 4) is 0 Å². The van der Waals surface area contributed by atoms with Gasteiger partial charge in [0.05, 0.1) is 21.3 Å². The lowest BCUT2D eigenvalue weighted by atomic mass is 10.1. The van der Waals surface area contributed by atoms with Crippen LogP contribution in [0.15, 0.2) is 48.0 Å². The molecule has 0 unspecified atom stereocenters. The summed E-state index contributed by atoms with van der Waals surface area (Å²) in [5.41, 5.74) is 5.37. The number of likely N-dealkylation sites (tertiary alicyclic amines) is 1. The molecule has 5 nitrogen and oxygen atoms in total. The second-order valence-corrected chi connectivity index (χ2v) is 7.23. The fraction of sp³-hybridized carbons (Fsp3) is 0.250. The number of fused-ring (bicyclic) bond motifs is 1. The largest absolute Gasteiger partial charge is 0.348 e. The fourth-order valence-corrected chi connectivity index (χ4v) is 4.10. The van der Waals surface area contributed by atoms with Crippen LogP contribution in [0.5, 0.6) is 0 Å². The van der Waals surface area contributed by atoms with Crippen molar-refractivity contribution < 1.29 is 9.59 Å². The van der Waals surface area contributed by atoms with Gasteiger partial charge in [0, 0.05) is 26.1 Å². The van der Waals surface area contributed by atoms with Crippen LogP contribution in [0.4, 0.5) is 0 Å². The number of aromatic nitrogens is 1. The van der Waals surface area contributed by atoms with E-state index in [1.54, 1.807) is 5.51 Å². The Labute approximate surface area is 155 Å². The van der Waals surface area contributed by atoms with Gasteiger partial charge in [0.2, 0.25) is 5.91 Å². The summed E-state index contributed by atoms with van der Waals surface area (Å²) in [5.74, 6) is 0.104. The molecule has 1 fully saturated rings. The molecule has 26 heavy (non-hydrogen) atoms. The number of thiazole rings is 1. The smallest absolute Gasteiger partial charge is 0.253 e. The SMILES string of the molecule is O=C(NCc1ccccc1CN1CCCC1=O)c1cccc2ncsc12. The number of carbonyl (C=O) groups is 2. The molecule has 1 aliphatic heterocycles. The van der Waals surface area contributed by atoms with Gasteiger partial charge in [0.1, 0.15) is 0 Å². The van der Waals surface area contributed by atoms with Crippen molar-refractivity contribution >= 4 is 33.4 Å². The van der Waals surface area contributed by atoms with E-state index in [0.717, 1.165) is 34.3 Å². The Morgan fingerprint density at radius 3 is 2.81 bits per heavy atom. The fourth-order valence-electron chi connectivity index (χ4n) is 3.30. The standard InChI is InChI=1S/C20H19N3O2S/c24-18-9-4-10-23(18)12-15-6-2-1-5-14(15)11-21-20(25)16-7-3-8-17-19(16)26-13-22-17/h1-3,5-8,13H,4,9-12H2,(H,21,25). The maximum absolute atomic E-state index is 12.6. The highest BCUT2D eigenvalue weighted by molar-refractivity contribution is 7.17. The van der Waals surface area contributed by atoms with Gasteiger partial charge in [0.25, 0.3) is 5.91 Å². The van der Waals surface area contributed by atoms with E-state index in [-0.39, 0.29) is 11.8 Å². The van der Waals surface area contributed by atoms with Gasteiger partial charge < -0.3 is 10.2 Å². The van der Waals surface area contributed by atoms with Gasteiger partial charge in [-0.25, -0.2) is 4.98 Å². The Hall–Kier alpha value is -2.73. The number of carbonyl (C=O) groups excluding carboxylic acids is 2. The van der Waals surface area contributed by atoms with Gasteiger partial charge in [-0.05, 0) is 29.7 Å². The molecule has 1 saturated heterocycles. The molecule has 0 aliphatic carbocycles. The van der Waals surface area contributed by atoms with E-state index < -0.39 is 0 Å². The molecule has 1 aliphatic rings. The summed E-state index contributed by atoms with van der Waals surface area (Å²) in [6, 6.07) is 13.5. The molecule has 0 atom stereocenters. The molecule has 0 saturated carbocycles. The van der Waals surface area contributed by atoms with Gasteiger partial charge in [-0.1, -0.05) is 30.3 Å². The molecule has 3 aromatic rings. The molecule has 1 N–H and O–H groups in total. The van der Waals surface area contributed by atoms with E-state index in [1.165, 1.54) is 11.3 Å². The number of amides is 2. The van der Waals surface area contributed by atoms with Crippen LogP contribution in [-0.2, 0) is 17.9 Å². The molecule has 2 heterocycles. The highest BCUT2D eigenvalue weighted by atomic mass is 32.1. The second-order valence-electron chi connectivity index (χ2n) is 6.38. The number of hydrogen-bond acceptors (Lipinski definition) is 4. The molecule has 4 rings (SSSR count). The zero-order chi connectivity index (χ0) is 17.9. The number of benzene rings is 2. The predicted molar refractivity (Wildman–Crippen MR) is 102 cm³/mol. The molecule has 0 bridgehead atoms. The Bertz CT molecular complexity index is 966. The number of nitrogens with zero attached hydrogens (tertiary/aromatic N) is 2. The summed E-state index contributed by atoms with van der Waals surface area (Å²) in [6.07, 6.45) is 1.56. The minimum Gasteiger partial charge on any atom is -0.348 e. The molecule has 1 aromatic heterocycles. The Balaban J connectivity index is 1.48. The zero-order valence-electron chi connectivity index (χ0n) is 14.3. The van der Waals surface area contributed by atoms with Crippen LogP contribution in [0.1, 0.15) is 34.3 Å². The second kappa shape index (κ2) is 7.25. The average molecular weight is 365 g/mol. The van der Waals surface area contributed by atoms with E-state index in [2.05, 4.69) is 10.3 Å². The van der Waals surface area contributed by atoms with Gasteiger partial charge in [0.15, 0.2) is 0 Å². The van der Waals surface area contributed by atoms with Gasteiger partial charge in [-0.15, -0.1) is 11.3 Å². The minimum atomic E-state index is -0.105. The van der Waals surface area contributed by atoms with Crippen LogP contribution in [-0.4, -0.2) is 28.2 Å². The minimum absolute atomic E-state index is 0.105. The van der Waals surface area contributed by atoms with Crippen molar-refractivity contribution in [3.05, 3.63) is 64.7 Å². The Morgan fingerprint density at radius 1 is 1.15 bits per heavy atom. The van der Waals surface area contributed by atoms with Crippen LogP contribution in [0.25, 0.3) is 10.2 Å². The average Bonchev–Trinajstić information content (AvgIpc) is 3.29. The monoisotopic (exact) mass is 365 g/mol. The number of nitrogens with one attached hydrogen (secondary N) is 1. The van der Waals surface area contributed by atoms with Gasteiger partial charge in [-0.2, -0.15) is 0 Å². The lowest BCUT2D eigenvalue weighted by Gasteiger charge is -2.18. The number of rotatable bonds is 5. The van der Waals surface area contributed by atoms with Crippen molar-refractivity contribution in [2.45, 2.75) is 25.9 Å². The molecule has 0 spiro atoms. The molecule has 2 aromatic carbocycles. The van der Waals surface area contributed by atoms with Crippen LogP contribution in [0, 0.1) is 0 Å². The summed E-state index contributed by atoms with van der Waals surface area (Å²) in [5, 5.41) is 3.01. The molecule has 2 amide bonds.